The Labute approximate surface area is 131 Å². The smallest absolute Gasteiger partial charge is 0.407 e. The monoisotopic (exact) mass is 307 g/mol. The number of aryl methyl sites for hydroxylation is 1. The fraction of sp³-hybridized carbons (Fsp3) is 0.625. The molecular formula is C16H25N3O3. The predicted molar refractivity (Wildman–Crippen MR) is 83.7 cm³/mol. The van der Waals surface area contributed by atoms with Crippen molar-refractivity contribution in [2.75, 3.05) is 0 Å². The third kappa shape index (κ3) is 4.87. The molecule has 1 fully saturated rings. The van der Waals surface area contributed by atoms with Crippen molar-refractivity contribution in [3.05, 3.63) is 23.5 Å². The number of hydrogen-bond donors (Lipinski definition) is 3. The molecule has 1 aliphatic rings. The van der Waals surface area contributed by atoms with Gasteiger partial charge < -0.3 is 20.5 Å². The van der Waals surface area contributed by atoms with Gasteiger partial charge in [0.15, 0.2) is 0 Å². The predicted octanol–water partition coefficient (Wildman–Crippen LogP) is 2.24. The number of carbonyl (C=O) groups is 1. The number of hydrogen-bond acceptors (Lipinski definition) is 5. The lowest BCUT2D eigenvalue weighted by Crippen LogP contribution is -2.53. The molecule has 22 heavy (non-hydrogen) atoms. The number of rotatable bonds is 4. The van der Waals surface area contributed by atoms with Gasteiger partial charge in [0.2, 0.25) is 0 Å². The topological polar surface area (TPSA) is 83.5 Å². The number of aromatic hydroxyl groups is 1. The van der Waals surface area contributed by atoms with Crippen molar-refractivity contribution in [1.82, 2.24) is 15.6 Å². The quantitative estimate of drug-likeness (QED) is 0.794. The van der Waals surface area contributed by atoms with E-state index in [1.807, 2.05) is 27.7 Å². The molecule has 2 rings (SSSR count). The number of aromatic nitrogens is 1. The van der Waals surface area contributed by atoms with E-state index in [1.54, 1.807) is 12.1 Å². The van der Waals surface area contributed by atoms with Crippen LogP contribution in [0.5, 0.6) is 5.75 Å². The van der Waals surface area contributed by atoms with E-state index in [4.69, 9.17) is 4.74 Å². The van der Waals surface area contributed by atoms with E-state index in [1.165, 1.54) is 0 Å². The van der Waals surface area contributed by atoms with Crippen molar-refractivity contribution in [2.45, 2.75) is 64.8 Å². The molecular weight excluding hydrogens is 282 g/mol. The summed E-state index contributed by atoms with van der Waals surface area (Å²) >= 11 is 0. The van der Waals surface area contributed by atoms with Gasteiger partial charge in [0.05, 0.1) is 5.69 Å². The highest BCUT2D eigenvalue weighted by molar-refractivity contribution is 5.68. The number of ether oxygens (including phenoxy) is 1. The van der Waals surface area contributed by atoms with Crippen LogP contribution in [0.3, 0.4) is 0 Å². The summed E-state index contributed by atoms with van der Waals surface area (Å²) in [7, 11) is 0. The molecule has 1 amide bonds. The first kappa shape index (κ1) is 16.5. The third-order valence-corrected chi connectivity index (χ3v) is 3.51. The Morgan fingerprint density at radius 2 is 2.05 bits per heavy atom. The maximum atomic E-state index is 11.6. The van der Waals surface area contributed by atoms with E-state index >= 15 is 0 Å². The normalized spacial score (nSPS) is 21.1. The second-order valence-electron chi connectivity index (χ2n) is 6.81. The third-order valence-electron chi connectivity index (χ3n) is 3.51. The van der Waals surface area contributed by atoms with Gasteiger partial charge >= 0.3 is 6.09 Å². The zero-order chi connectivity index (χ0) is 16.3. The summed E-state index contributed by atoms with van der Waals surface area (Å²) < 4.78 is 5.22. The Morgan fingerprint density at radius 1 is 1.36 bits per heavy atom. The largest absolute Gasteiger partial charge is 0.506 e. The molecule has 0 aromatic carbocycles. The Bertz CT molecular complexity index is 534. The molecule has 6 heteroatoms. The fourth-order valence-corrected chi connectivity index (χ4v) is 2.35. The Balaban J connectivity index is 1.69. The van der Waals surface area contributed by atoms with Crippen LogP contribution < -0.4 is 10.6 Å². The highest BCUT2D eigenvalue weighted by atomic mass is 16.6. The number of carbonyl (C=O) groups excluding carboxylic acids is 1. The maximum absolute atomic E-state index is 11.6. The van der Waals surface area contributed by atoms with E-state index in [0.717, 1.165) is 18.5 Å². The van der Waals surface area contributed by atoms with E-state index in [9.17, 15) is 9.90 Å². The molecule has 122 valence electrons. The average Bonchev–Trinajstić information content (AvgIpc) is 2.33. The molecule has 1 saturated carbocycles. The van der Waals surface area contributed by atoms with Crippen LogP contribution in [0.2, 0.25) is 0 Å². The first-order chi connectivity index (χ1) is 10.2. The van der Waals surface area contributed by atoms with Crippen LogP contribution >= 0.6 is 0 Å². The van der Waals surface area contributed by atoms with Gasteiger partial charge in [0.1, 0.15) is 11.4 Å². The number of nitrogens with one attached hydrogen (secondary N) is 2. The molecule has 0 unspecified atom stereocenters. The summed E-state index contributed by atoms with van der Waals surface area (Å²) in [6.45, 7) is 7.96. The van der Waals surface area contributed by atoms with Gasteiger partial charge in [0, 0.05) is 24.3 Å². The number of alkyl carbamates (subject to hydrolysis) is 1. The second-order valence-corrected chi connectivity index (χ2v) is 6.81. The van der Waals surface area contributed by atoms with Crippen molar-refractivity contribution >= 4 is 6.09 Å². The standard InChI is InChI=1S/C16H25N3O3/c1-10-5-6-14(20)13(18-10)9-17-11-7-12(8-11)19-15(21)22-16(2,3)4/h5-6,11-12,17,20H,7-9H2,1-4H3,(H,19,21). The van der Waals surface area contributed by atoms with Gasteiger partial charge in [-0.25, -0.2) is 4.79 Å². The Hall–Kier alpha value is -1.82. The lowest BCUT2D eigenvalue weighted by Gasteiger charge is -2.36. The molecule has 0 aliphatic heterocycles. The summed E-state index contributed by atoms with van der Waals surface area (Å²) in [5.74, 6) is 0.209. The summed E-state index contributed by atoms with van der Waals surface area (Å²) in [6.07, 6.45) is 1.34. The van der Waals surface area contributed by atoms with Crippen molar-refractivity contribution in [3.8, 4) is 5.75 Å². The van der Waals surface area contributed by atoms with Crippen LogP contribution in [-0.4, -0.2) is 33.9 Å². The molecule has 1 aromatic heterocycles. The summed E-state index contributed by atoms with van der Waals surface area (Å²) in [6, 6.07) is 3.91. The van der Waals surface area contributed by atoms with E-state index in [-0.39, 0.29) is 17.9 Å². The van der Waals surface area contributed by atoms with Gasteiger partial charge in [-0.3, -0.25) is 4.98 Å². The molecule has 0 bridgehead atoms. The molecule has 6 nitrogen and oxygen atoms in total. The fourth-order valence-electron chi connectivity index (χ4n) is 2.35. The van der Waals surface area contributed by atoms with Crippen LogP contribution in [0.15, 0.2) is 12.1 Å². The van der Waals surface area contributed by atoms with Crippen molar-refractivity contribution < 1.29 is 14.6 Å². The van der Waals surface area contributed by atoms with Gasteiger partial charge in [-0.2, -0.15) is 0 Å². The van der Waals surface area contributed by atoms with E-state index in [2.05, 4.69) is 15.6 Å². The van der Waals surface area contributed by atoms with Gasteiger partial charge in [0.25, 0.3) is 0 Å². The van der Waals surface area contributed by atoms with Crippen molar-refractivity contribution in [1.29, 1.82) is 0 Å². The lowest BCUT2D eigenvalue weighted by atomic mass is 9.87. The minimum Gasteiger partial charge on any atom is -0.506 e. The molecule has 0 spiro atoms. The molecule has 0 saturated heterocycles. The molecule has 1 heterocycles. The van der Waals surface area contributed by atoms with Crippen LogP contribution in [-0.2, 0) is 11.3 Å². The first-order valence-corrected chi connectivity index (χ1v) is 7.61. The Kier molecular flexibility index (Phi) is 4.90. The zero-order valence-corrected chi connectivity index (χ0v) is 13.6. The zero-order valence-electron chi connectivity index (χ0n) is 13.6. The van der Waals surface area contributed by atoms with Gasteiger partial charge in [-0.15, -0.1) is 0 Å². The van der Waals surface area contributed by atoms with Crippen LogP contribution in [0.25, 0.3) is 0 Å². The summed E-state index contributed by atoms with van der Waals surface area (Å²) in [4.78, 5) is 15.9. The SMILES string of the molecule is Cc1ccc(O)c(CNC2CC(NC(=O)OC(C)(C)C)C2)n1. The Morgan fingerprint density at radius 3 is 2.68 bits per heavy atom. The molecule has 0 atom stereocenters. The summed E-state index contributed by atoms with van der Waals surface area (Å²) in [5, 5.41) is 15.9. The van der Waals surface area contributed by atoms with Gasteiger partial charge in [-0.05, 0) is 52.7 Å². The minimum atomic E-state index is -0.472. The first-order valence-electron chi connectivity index (χ1n) is 7.61. The lowest BCUT2D eigenvalue weighted by molar-refractivity contribution is 0.0465. The van der Waals surface area contributed by atoms with E-state index < -0.39 is 5.60 Å². The van der Waals surface area contributed by atoms with Crippen LogP contribution in [0, 0.1) is 6.92 Å². The summed E-state index contributed by atoms with van der Waals surface area (Å²) in [5.41, 5.74) is 1.07. The van der Waals surface area contributed by atoms with Crippen LogP contribution in [0.4, 0.5) is 4.79 Å². The highest BCUT2D eigenvalue weighted by Crippen LogP contribution is 2.22. The van der Waals surface area contributed by atoms with Crippen molar-refractivity contribution in [2.24, 2.45) is 0 Å². The second kappa shape index (κ2) is 6.52. The average molecular weight is 307 g/mol. The van der Waals surface area contributed by atoms with Gasteiger partial charge in [-0.1, -0.05) is 0 Å². The van der Waals surface area contributed by atoms with Crippen LogP contribution in [0.1, 0.15) is 45.0 Å². The number of nitrogens with zero attached hydrogens (tertiary/aromatic N) is 1. The molecule has 1 aliphatic carbocycles. The maximum Gasteiger partial charge on any atom is 0.407 e. The number of pyridine rings is 1. The molecule has 1 aromatic rings. The minimum absolute atomic E-state index is 0.145. The molecule has 3 N–H and O–H groups in total. The van der Waals surface area contributed by atoms with E-state index in [0.29, 0.717) is 18.3 Å². The van der Waals surface area contributed by atoms with Crippen molar-refractivity contribution in [3.63, 3.8) is 0 Å². The highest BCUT2D eigenvalue weighted by Gasteiger charge is 2.31. The number of amides is 1. The molecule has 0 radical (unpaired) electrons.